The molecule has 0 radical (unpaired) electrons. The van der Waals surface area contributed by atoms with Crippen molar-refractivity contribution in [2.75, 3.05) is 20.2 Å². The van der Waals surface area contributed by atoms with Gasteiger partial charge in [0.1, 0.15) is 0 Å². The van der Waals surface area contributed by atoms with Crippen molar-refractivity contribution in [3.63, 3.8) is 0 Å². The van der Waals surface area contributed by atoms with Gasteiger partial charge in [0.05, 0.1) is 5.60 Å². The van der Waals surface area contributed by atoms with Gasteiger partial charge in [0.2, 0.25) is 0 Å². The molecule has 108 valence electrons. The minimum Gasteiger partial charge on any atom is -0.376 e. The van der Waals surface area contributed by atoms with Gasteiger partial charge in [-0.1, -0.05) is 34.1 Å². The van der Waals surface area contributed by atoms with E-state index < -0.39 is 0 Å². The van der Waals surface area contributed by atoms with Gasteiger partial charge in [0.15, 0.2) is 0 Å². The summed E-state index contributed by atoms with van der Waals surface area (Å²) in [4.78, 5) is 0. The van der Waals surface area contributed by atoms with Crippen molar-refractivity contribution in [1.82, 2.24) is 5.32 Å². The van der Waals surface area contributed by atoms with Crippen LogP contribution < -0.4 is 5.32 Å². The molecule has 1 rings (SSSR count). The lowest BCUT2D eigenvalue weighted by molar-refractivity contribution is -0.00913. The summed E-state index contributed by atoms with van der Waals surface area (Å²) in [6, 6.07) is 8.46. The second-order valence-corrected chi connectivity index (χ2v) is 6.82. The highest BCUT2D eigenvalue weighted by Crippen LogP contribution is 2.21. The van der Waals surface area contributed by atoms with E-state index in [1.165, 1.54) is 10.0 Å². The number of hydrogen-bond donors (Lipinski definition) is 1. The van der Waals surface area contributed by atoms with Crippen LogP contribution in [0.5, 0.6) is 0 Å². The Labute approximate surface area is 126 Å². The quantitative estimate of drug-likeness (QED) is 0.816. The van der Waals surface area contributed by atoms with Crippen LogP contribution in [-0.2, 0) is 11.2 Å². The molecule has 0 fully saturated rings. The van der Waals surface area contributed by atoms with E-state index in [0.717, 1.165) is 26.0 Å². The summed E-state index contributed by atoms with van der Waals surface area (Å²) in [6.45, 7) is 8.16. The Morgan fingerprint density at radius 2 is 1.95 bits per heavy atom. The smallest absolute Gasteiger partial charge is 0.0598 e. The average molecular weight is 328 g/mol. The normalized spacial score (nSPS) is 13.5. The zero-order chi connectivity index (χ0) is 14.3. The first-order valence-corrected chi connectivity index (χ1v) is 7.73. The molecule has 0 aliphatic heterocycles. The molecule has 0 aromatic heterocycles. The molecule has 1 aromatic rings. The number of hydrogen-bond acceptors (Lipinski definition) is 2. The van der Waals surface area contributed by atoms with Gasteiger partial charge in [-0.15, -0.1) is 0 Å². The minimum atomic E-state index is -0.0441. The van der Waals surface area contributed by atoms with Crippen LogP contribution in [-0.4, -0.2) is 25.8 Å². The Hall–Kier alpha value is -0.380. The molecule has 3 heteroatoms. The number of nitrogens with one attached hydrogen (secondary N) is 1. The van der Waals surface area contributed by atoms with Crippen LogP contribution in [0.4, 0.5) is 0 Å². The third kappa shape index (κ3) is 7.09. The van der Waals surface area contributed by atoms with Crippen molar-refractivity contribution in [3.05, 3.63) is 34.3 Å². The van der Waals surface area contributed by atoms with E-state index in [1.807, 2.05) is 7.05 Å². The topological polar surface area (TPSA) is 21.3 Å². The first kappa shape index (κ1) is 16.7. The van der Waals surface area contributed by atoms with Crippen molar-refractivity contribution in [3.8, 4) is 0 Å². The second-order valence-electron chi connectivity index (χ2n) is 5.97. The van der Waals surface area contributed by atoms with Gasteiger partial charge in [0.25, 0.3) is 0 Å². The zero-order valence-electron chi connectivity index (χ0n) is 12.5. The highest BCUT2D eigenvalue weighted by Gasteiger charge is 2.14. The Morgan fingerprint density at radius 1 is 1.26 bits per heavy atom. The van der Waals surface area contributed by atoms with Crippen LogP contribution in [0.25, 0.3) is 0 Å². The van der Waals surface area contributed by atoms with Crippen LogP contribution in [0.2, 0.25) is 0 Å². The number of ether oxygens (including phenoxy) is 1. The molecule has 2 nitrogen and oxygen atoms in total. The molecule has 0 bridgehead atoms. The lowest BCUT2D eigenvalue weighted by Gasteiger charge is -2.23. The summed E-state index contributed by atoms with van der Waals surface area (Å²) in [6.07, 6.45) is 2.16. The fraction of sp³-hybridized carbons (Fsp3) is 0.625. The summed E-state index contributed by atoms with van der Waals surface area (Å²) in [5.74, 6) is 0.603. The summed E-state index contributed by atoms with van der Waals surface area (Å²) in [5, 5.41) is 3.28. The summed E-state index contributed by atoms with van der Waals surface area (Å²) in [7, 11) is 2.01. The van der Waals surface area contributed by atoms with E-state index in [1.54, 1.807) is 0 Å². The number of benzene rings is 1. The lowest BCUT2D eigenvalue weighted by atomic mass is 9.96. The second kappa shape index (κ2) is 8.03. The molecule has 1 aromatic carbocycles. The van der Waals surface area contributed by atoms with Gasteiger partial charge in [-0.2, -0.15) is 0 Å². The Balaban J connectivity index is 2.51. The number of rotatable bonds is 7. The van der Waals surface area contributed by atoms with Gasteiger partial charge in [-0.05, 0) is 64.8 Å². The fourth-order valence-electron chi connectivity index (χ4n) is 2.07. The monoisotopic (exact) mass is 327 g/mol. The maximum absolute atomic E-state index is 5.83. The first-order valence-electron chi connectivity index (χ1n) is 6.94. The number of halogens is 1. The zero-order valence-corrected chi connectivity index (χ0v) is 14.1. The molecule has 19 heavy (non-hydrogen) atoms. The molecule has 0 spiro atoms. The predicted molar refractivity (Wildman–Crippen MR) is 85.6 cm³/mol. The molecule has 0 amide bonds. The van der Waals surface area contributed by atoms with Crippen molar-refractivity contribution in [1.29, 1.82) is 0 Å². The largest absolute Gasteiger partial charge is 0.376 e. The molecule has 1 N–H and O–H groups in total. The van der Waals surface area contributed by atoms with E-state index >= 15 is 0 Å². The standard InChI is InChI=1S/C16H26BrNO/c1-16(2,3)19-10-9-13(12-18-4)11-14-7-5-6-8-15(14)17/h5-8,13,18H,9-12H2,1-4H3. The van der Waals surface area contributed by atoms with Gasteiger partial charge in [-0.3, -0.25) is 0 Å². The van der Waals surface area contributed by atoms with Crippen molar-refractivity contribution < 1.29 is 4.74 Å². The maximum Gasteiger partial charge on any atom is 0.0598 e. The molecule has 0 saturated carbocycles. The highest BCUT2D eigenvalue weighted by molar-refractivity contribution is 9.10. The summed E-state index contributed by atoms with van der Waals surface area (Å²) in [5.41, 5.74) is 1.33. The van der Waals surface area contributed by atoms with Crippen LogP contribution in [0.1, 0.15) is 32.8 Å². The lowest BCUT2D eigenvalue weighted by Crippen LogP contribution is -2.25. The van der Waals surface area contributed by atoms with Gasteiger partial charge < -0.3 is 10.1 Å². The van der Waals surface area contributed by atoms with E-state index in [2.05, 4.69) is 66.3 Å². The predicted octanol–water partition coefficient (Wildman–Crippen LogP) is 4.03. The van der Waals surface area contributed by atoms with Crippen molar-refractivity contribution in [2.45, 2.75) is 39.2 Å². The third-order valence-electron chi connectivity index (χ3n) is 3.02. The minimum absolute atomic E-state index is 0.0441. The molecule has 1 atom stereocenters. The van der Waals surface area contributed by atoms with Gasteiger partial charge >= 0.3 is 0 Å². The van der Waals surface area contributed by atoms with Crippen LogP contribution in [0.3, 0.4) is 0 Å². The van der Waals surface area contributed by atoms with Gasteiger partial charge in [-0.25, -0.2) is 0 Å². The molecular weight excluding hydrogens is 302 g/mol. The third-order valence-corrected chi connectivity index (χ3v) is 3.79. The molecule has 0 heterocycles. The summed E-state index contributed by atoms with van der Waals surface area (Å²) >= 11 is 3.62. The van der Waals surface area contributed by atoms with E-state index in [4.69, 9.17) is 4.74 Å². The average Bonchev–Trinajstić information content (AvgIpc) is 2.30. The highest BCUT2D eigenvalue weighted by atomic mass is 79.9. The Morgan fingerprint density at radius 3 is 2.53 bits per heavy atom. The molecule has 0 saturated heterocycles. The van der Waals surface area contributed by atoms with E-state index in [-0.39, 0.29) is 5.60 Å². The van der Waals surface area contributed by atoms with Crippen LogP contribution in [0.15, 0.2) is 28.7 Å². The molecular formula is C16H26BrNO. The summed E-state index contributed by atoms with van der Waals surface area (Å²) < 4.78 is 7.04. The van der Waals surface area contributed by atoms with Crippen LogP contribution in [0, 0.1) is 5.92 Å². The van der Waals surface area contributed by atoms with E-state index in [0.29, 0.717) is 5.92 Å². The van der Waals surface area contributed by atoms with Gasteiger partial charge in [0, 0.05) is 11.1 Å². The first-order chi connectivity index (χ1) is 8.92. The SMILES string of the molecule is CNCC(CCOC(C)(C)C)Cc1ccccc1Br. The van der Waals surface area contributed by atoms with Crippen molar-refractivity contribution >= 4 is 15.9 Å². The maximum atomic E-state index is 5.83. The van der Waals surface area contributed by atoms with Crippen LogP contribution >= 0.6 is 15.9 Å². The molecule has 0 aliphatic carbocycles. The molecule has 0 aliphatic rings. The Bertz CT molecular complexity index is 373. The fourth-order valence-corrected chi connectivity index (χ4v) is 2.52. The Kier molecular flexibility index (Phi) is 7.05. The molecule has 1 unspecified atom stereocenters. The van der Waals surface area contributed by atoms with Crippen molar-refractivity contribution in [2.24, 2.45) is 5.92 Å². The van der Waals surface area contributed by atoms with E-state index in [9.17, 15) is 0 Å².